The van der Waals surface area contributed by atoms with Crippen LogP contribution >= 0.6 is 0 Å². The minimum Gasteiger partial charge on any atom is -0.478 e. The maximum absolute atomic E-state index is 13.4. The number of ether oxygens (including phenoxy) is 1. The van der Waals surface area contributed by atoms with Gasteiger partial charge >= 0.3 is 5.97 Å². The maximum atomic E-state index is 13.4. The van der Waals surface area contributed by atoms with E-state index in [1.165, 1.54) is 26.0 Å². The van der Waals surface area contributed by atoms with Gasteiger partial charge in [-0.05, 0) is 68.1 Å². The van der Waals surface area contributed by atoms with Gasteiger partial charge in [-0.2, -0.15) is 4.98 Å². The number of hydrogen-bond donors (Lipinski definition) is 1. The number of oxazole rings is 1. The second-order valence-electron chi connectivity index (χ2n) is 8.64. The molecule has 0 radical (unpaired) electrons. The number of para-hydroxylation sites is 3. The minimum absolute atomic E-state index is 0.280. The number of anilines is 1. The van der Waals surface area contributed by atoms with E-state index in [4.69, 9.17) is 9.15 Å². The highest BCUT2D eigenvalue weighted by Crippen LogP contribution is 2.27. The van der Waals surface area contributed by atoms with Gasteiger partial charge in [0.25, 0.3) is 6.01 Å². The third-order valence-corrected chi connectivity index (χ3v) is 5.57. The number of aromatic nitrogens is 1. The van der Waals surface area contributed by atoms with Crippen LogP contribution in [0, 0.1) is 5.82 Å². The molecule has 176 valence electrons. The highest BCUT2D eigenvalue weighted by Gasteiger charge is 2.30. The van der Waals surface area contributed by atoms with Crippen LogP contribution in [0.15, 0.2) is 77.2 Å². The maximum Gasteiger partial charge on any atom is 0.347 e. The lowest BCUT2D eigenvalue weighted by Gasteiger charge is -2.24. The summed E-state index contributed by atoms with van der Waals surface area (Å²) in [6, 6.07) is 21.9. The number of benzene rings is 3. The first-order valence-corrected chi connectivity index (χ1v) is 11.2. The van der Waals surface area contributed by atoms with E-state index in [0.717, 1.165) is 23.1 Å². The van der Waals surface area contributed by atoms with Gasteiger partial charge in [0.2, 0.25) is 0 Å². The van der Waals surface area contributed by atoms with Crippen molar-refractivity contribution in [2.45, 2.75) is 38.8 Å². The van der Waals surface area contributed by atoms with E-state index in [1.54, 1.807) is 18.2 Å². The first-order chi connectivity index (χ1) is 16.3. The molecule has 0 spiro atoms. The van der Waals surface area contributed by atoms with Crippen LogP contribution in [0.1, 0.15) is 31.4 Å². The van der Waals surface area contributed by atoms with E-state index in [0.29, 0.717) is 36.9 Å². The fraction of sp³-hybridized carbons (Fsp3) is 0.259. The molecule has 4 rings (SSSR count). The molecular formula is C27H27FN2O4. The molecular weight excluding hydrogens is 435 g/mol. The van der Waals surface area contributed by atoms with E-state index >= 15 is 0 Å². The van der Waals surface area contributed by atoms with Gasteiger partial charge in [-0.15, -0.1) is 0 Å². The van der Waals surface area contributed by atoms with Crippen LogP contribution in [0.3, 0.4) is 0 Å². The molecule has 1 heterocycles. The summed E-state index contributed by atoms with van der Waals surface area (Å²) >= 11 is 0. The average molecular weight is 463 g/mol. The molecule has 0 amide bonds. The molecule has 4 aromatic rings. The van der Waals surface area contributed by atoms with Crippen molar-refractivity contribution in [3.63, 3.8) is 0 Å². The Balaban J connectivity index is 1.51. The van der Waals surface area contributed by atoms with Crippen molar-refractivity contribution in [2.24, 2.45) is 0 Å². The summed E-state index contributed by atoms with van der Waals surface area (Å²) in [7, 11) is 0. The molecule has 6 nitrogen and oxygen atoms in total. The summed E-state index contributed by atoms with van der Waals surface area (Å²) in [5.41, 5.74) is 2.02. The van der Waals surface area contributed by atoms with E-state index in [9.17, 15) is 14.3 Å². The van der Waals surface area contributed by atoms with Crippen molar-refractivity contribution < 1.29 is 23.4 Å². The standard InChI is InChI=1S/C27H27FN2O4/c1-27(2,25(31)32)34-23-11-5-3-8-20(23)9-7-17-30(18-19-13-15-21(28)16-14-19)26-29-22-10-4-6-12-24(22)33-26/h3-6,8,10-16H,7,9,17-18H2,1-2H3,(H,31,32). The first-order valence-electron chi connectivity index (χ1n) is 11.2. The number of nitrogens with zero attached hydrogens (tertiary/aromatic N) is 2. The van der Waals surface area contributed by atoms with Gasteiger partial charge in [0.1, 0.15) is 17.1 Å². The Bertz CT molecular complexity index is 1230. The SMILES string of the molecule is CC(C)(Oc1ccccc1CCCN(Cc1ccc(F)cc1)c1nc2ccccc2o1)C(=O)O. The van der Waals surface area contributed by atoms with E-state index in [2.05, 4.69) is 4.98 Å². The number of aryl methyl sites for hydroxylation is 1. The molecule has 0 aliphatic rings. The van der Waals surface area contributed by atoms with Gasteiger partial charge in [0.15, 0.2) is 11.2 Å². The summed E-state index contributed by atoms with van der Waals surface area (Å²) in [4.78, 5) is 18.2. The number of carboxylic acid groups (broad SMARTS) is 1. The van der Waals surface area contributed by atoms with Crippen molar-refractivity contribution in [3.8, 4) is 5.75 Å². The zero-order valence-electron chi connectivity index (χ0n) is 19.2. The van der Waals surface area contributed by atoms with E-state index < -0.39 is 11.6 Å². The first kappa shape index (κ1) is 23.3. The number of aliphatic carboxylic acids is 1. The molecule has 0 saturated carbocycles. The normalized spacial score (nSPS) is 11.5. The molecule has 0 atom stereocenters. The Morgan fingerprint density at radius 3 is 2.50 bits per heavy atom. The molecule has 0 aliphatic heterocycles. The molecule has 0 unspecified atom stereocenters. The van der Waals surface area contributed by atoms with E-state index in [-0.39, 0.29) is 5.82 Å². The zero-order chi connectivity index (χ0) is 24.1. The molecule has 7 heteroatoms. The quantitative estimate of drug-likeness (QED) is 0.319. The van der Waals surface area contributed by atoms with Crippen LogP contribution in [-0.2, 0) is 17.8 Å². The molecule has 0 fully saturated rings. The summed E-state index contributed by atoms with van der Waals surface area (Å²) in [6.07, 6.45) is 1.42. The van der Waals surface area contributed by atoms with Crippen LogP contribution in [0.4, 0.5) is 10.4 Å². The van der Waals surface area contributed by atoms with Crippen LogP contribution in [0.5, 0.6) is 5.75 Å². The van der Waals surface area contributed by atoms with Crippen molar-refractivity contribution in [3.05, 3.63) is 89.7 Å². The Labute approximate surface area is 197 Å². The predicted octanol–water partition coefficient (Wildman–Crippen LogP) is 5.85. The number of halogens is 1. The summed E-state index contributed by atoms with van der Waals surface area (Å²) in [5, 5.41) is 9.41. The molecule has 0 saturated heterocycles. The van der Waals surface area contributed by atoms with Gasteiger partial charge in [0.05, 0.1) is 0 Å². The number of hydrogen-bond acceptors (Lipinski definition) is 5. The van der Waals surface area contributed by atoms with Gasteiger partial charge in [0, 0.05) is 13.1 Å². The number of rotatable bonds is 10. The van der Waals surface area contributed by atoms with Crippen molar-refractivity contribution in [1.29, 1.82) is 0 Å². The average Bonchev–Trinajstić information content (AvgIpc) is 3.25. The van der Waals surface area contributed by atoms with Gasteiger partial charge < -0.3 is 19.2 Å². The number of carboxylic acids is 1. The van der Waals surface area contributed by atoms with Crippen LogP contribution in [0.2, 0.25) is 0 Å². The van der Waals surface area contributed by atoms with E-state index in [1.807, 2.05) is 47.4 Å². The number of carbonyl (C=O) groups is 1. The number of fused-ring (bicyclic) bond motifs is 1. The minimum atomic E-state index is -1.33. The molecule has 34 heavy (non-hydrogen) atoms. The highest BCUT2D eigenvalue weighted by molar-refractivity contribution is 5.77. The zero-order valence-corrected chi connectivity index (χ0v) is 19.2. The summed E-state index contributed by atoms with van der Waals surface area (Å²) in [6.45, 7) is 4.20. The Morgan fingerprint density at radius 2 is 1.76 bits per heavy atom. The molecule has 0 aliphatic carbocycles. The third kappa shape index (κ3) is 5.54. The molecule has 1 N–H and O–H groups in total. The predicted molar refractivity (Wildman–Crippen MR) is 129 cm³/mol. The molecule has 3 aromatic carbocycles. The second-order valence-corrected chi connectivity index (χ2v) is 8.64. The van der Waals surface area contributed by atoms with Gasteiger partial charge in [-0.25, -0.2) is 9.18 Å². The fourth-order valence-corrected chi connectivity index (χ4v) is 3.64. The van der Waals surface area contributed by atoms with Crippen LogP contribution < -0.4 is 9.64 Å². The monoisotopic (exact) mass is 462 g/mol. The summed E-state index contributed by atoms with van der Waals surface area (Å²) < 4.78 is 25.2. The fourth-order valence-electron chi connectivity index (χ4n) is 3.64. The van der Waals surface area contributed by atoms with Gasteiger partial charge in [-0.3, -0.25) is 0 Å². The largest absolute Gasteiger partial charge is 0.478 e. The Hall–Kier alpha value is -3.87. The highest BCUT2D eigenvalue weighted by atomic mass is 19.1. The lowest BCUT2D eigenvalue weighted by molar-refractivity contribution is -0.152. The van der Waals surface area contributed by atoms with Gasteiger partial charge in [-0.1, -0.05) is 42.5 Å². The topological polar surface area (TPSA) is 75.8 Å². The Kier molecular flexibility index (Phi) is 6.82. The Morgan fingerprint density at radius 1 is 1.06 bits per heavy atom. The van der Waals surface area contributed by atoms with Crippen LogP contribution in [0.25, 0.3) is 11.1 Å². The third-order valence-electron chi connectivity index (χ3n) is 5.57. The smallest absolute Gasteiger partial charge is 0.347 e. The lowest BCUT2D eigenvalue weighted by Crippen LogP contribution is -2.38. The molecule has 1 aromatic heterocycles. The molecule has 0 bridgehead atoms. The van der Waals surface area contributed by atoms with Crippen LogP contribution in [-0.4, -0.2) is 28.2 Å². The second kappa shape index (κ2) is 9.95. The van der Waals surface area contributed by atoms with Crippen molar-refractivity contribution in [1.82, 2.24) is 4.98 Å². The summed E-state index contributed by atoms with van der Waals surface area (Å²) in [5.74, 6) is -0.747. The van der Waals surface area contributed by atoms with Crippen molar-refractivity contribution in [2.75, 3.05) is 11.4 Å². The van der Waals surface area contributed by atoms with Crippen molar-refractivity contribution >= 4 is 23.1 Å². The lowest BCUT2D eigenvalue weighted by atomic mass is 10.1.